The number of carbonyl (C=O) groups is 2. The lowest BCUT2D eigenvalue weighted by Crippen LogP contribution is -2.52. The highest BCUT2D eigenvalue weighted by Gasteiger charge is 2.34. The molecule has 2 aromatic carbocycles. The summed E-state index contributed by atoms with van der Waals surface area (Å²) in [6.07, 6.45) is 3.54. The quantitative estimate of drug-likeness (QED) is 0.586. The molecule has 3 aromatic rings. The van der Waals surface area contributed by atoms with Gasteiger partial charge in [-0.15, -0.1) is 0 Å². The van der Waals surface area contributed by atoms with E-state index >= 15 is 0 Å². The number of amides is 2. The van der Waals surface area contributed by atoms with E-state index in [9.17, 15) is 14.0 Å². The molecule has 0 aliphatic carbocycles. The second-order valence-corrected chi connectivity index (χ2v) is 8.88. The van der Waals surface area contributed by atoms with Crippen LogP contribution < -0.4 is 14.8 Å². The molecule has 1 aromatic heterocycles. The van der Waals surface area contributed by atoms with Crippen LogP contribution in [-0.2, 0) is 4.79 Å². The largest absolute Gasteiger partial charge is 0.493 e. The zero-order valence-electron chi connectivity index (χ0n) is 18.3. The zero-order valence-corrected chi connectivity index (χ0v) is 19.1. The molecule has 2 amide bonds. The van der Waals surface area contributed by atoms with Crippen LogP contribution in [0.5, 0.6) is 11.5 Å². The summed E-state index contributed by atoms with van der Waals surface area (Å²) >= 11 is 6.20. The first-order chi connectivity index (χ1) is 16.4. The highest BCUT2D eigenvalue weighted by atomic mass is 35.5. The number of benzene rings is 2. The highest BCUT2D eigenvalue weighted by molar-refractivity contribution is 6.31. The van der Waals surface area contributed by atoms with Gasteiger partial charge in [-0.3, -0.25) is 14.6 Å². The fraction of sp³-hybridized carbons (Fsp3) is 0.240. The number of aryl methyl sites for hydroxylation is 1. The van der Waals surface area contributed by atoms with E-state index in [2.05, 4.69) is 10.3 Å². The number of rotatable bonds is 5. The molecule has 0 radical (unpaired) electrons. The van der Waals surface area contributed by atoms with Crippen LogP contribution in [0.2, 0.25) is 5.02 Å². The van der Waals surface area contributed by atoms with Gasteiger partial charge in [0.15, 0.2) is 6.61 Å². The third-order valence-electron chi connectivity index (χ3n) is 5.78. The Morgan fingerprint density at radius 1 is 1.26 bits per heavy atom. The van der Waals surface area contributed by atoms with Gasteiger partial charge in [0.2, 0.25) is 0 Å². The summed E-state index contributed by atoms with van der Waals surface area (Å²) in [6, 6.07) is 9.89. The number of nitrogens with one attached hydrogen (secondary N) is 1. The van der Waals surface area contributed by atoms with Crippen molar-refractivity contribution in [3.8, 4) is 22.6 Å². The Morgan fingerprint density at radius 3 is 2.88 bits per heavy atom. The molecule has 174 valence electrons. The minimum absolute atomic E-state index is 0.101. The maximum atomic E-state index is 14.5. The van der Waals surface area contributed by atoms with E-state index in [0.29, 0.717) is 36.2 Å². The van der Waals surface area contributed by atoms with Crippen molar-refractivity contribution in [1.29, 1.82) is 0 Å². The number of hydrogen-bond donors (Lipinski definition) is 1. The zero-order chi connectivity index (χ0) is 23.8. The first-order valence-corrected chi connectivity index (χ1v) is 11.1. The minimum Gasteiger partial charge on any atom is -0.493 e. The first kappa shape index (κ1) is 22.2. The van der Waals surface area contributed by atoms with E-state index < -0.39 is 11.7 Å². The summed E-state index contributed by atoms with van der Waals surface area (Å²) in [4.78, 5) is 30.1. The number of likely N-dealkylation sites (tertiary alicyclic amines) is 1. The molecule has 0 saturated carbocycles. The van der Waals surface area contributed by atoms with Gasteiger partial charge in [0.1, 0.15) is 17.3 Å². The van der Waals surface area contributed by atoms with Gasteiger partial charge in [0, 0.05) is 53.6 Å². The van der Waals surface area contributed by atoms with E-state index in [0.717, 1.165) is 22.8 Å². The molecular weight excluding hydrogens is 461 g/mol. The van der Waals surface area contributed by atoms with Crippen molar-refractivity contribution in [3.63, 3.8) is 0 Å². The van der Waals surface area contributed by atoms with Crippen LogP contribution in [0.3, 0.4) is 0 Å². The van der Waals surface area contributed by atoms with Gasteiger partial charge >= 0.3 is 0 Å². The van der Waals surface area contributed by atoms with Gasteiger partial charge in [-0.1, -0.05) is 11.6 Å². The van der Waals surface area contributed by atoms with Gasteiger partial charge in [-0.25, -0.2) is 4.39 Å². The molecule has 0 bridgehead atoms. The van der Waals surface area contributed by atoms with Crippen LogP contribution in [0, 0.1) is 18.7 Å². The van der Waals surface area contributed by atoms with Crippen molar-refractivity contribution in [3.05, 3.63) is 70.8 Å². The van der Waals surface area contributed by atoms with Gasteiger partial charge in [0.25, 0.3) is 11.8 Å². The molecule has 1 N–H and O–H groups in total. The standard InChI is InChI=1S/C25H21ClFN3O4/c1-14-4-16(9-28-8-14)18-5-17(26)2-3-22(18)33-12-15-10-30(11-15)25(32)19-6-21-23(7-20(19)27)34-13-24(31)29-21/h2-9,15H,10-13H2,1H3,(H,29,31). The molecule has 9 heteroatoms. The van der Waals surface area contributed by atoms with Crippen LogP contribution >= 0.6 is 11.6 Å². The average Bonchev–Trinajstić information content (AvgIpc) is 2.78. The average molecular weight is 482 g/mol. The summed E-state index contributed by atoms with van der Waals surface area (Å²) in [7, 11) is 0. The van der Waals surface area contributed by atoms with Gasteiger partial charge in [-0.05, 0) is 42.8 Å². The van der Waals surface area contributed by atoms with E-state index in [-0.39, 0.29) is 29.7 Å². The van der Waals surface area contributed by atoms with Crippen molar-refractivity contribution < 1.29 is 23.5 Å². The first-order valence-electron chi connectivity index (χ1n) is 10.8. The van der Waals surface area contributed by atoms with Gasteiger partial charge in [-0.2, -0.15) is 0 Å². The molecule has 2 aliphatic rings. The maximum absolute atomic E-state index is 14.5. The Bertz CT molecular complexity index is 1290. The van der Waals surface area contributed by atoms with Crippen LogP contribution in [0.25, 0.3) is 11.1 Å². The fourth-order valence-electron chi connectivity index (χ4n) is 4.04. The lowest BCUT2D eigenvalue weighted by Gasteiger charge is -2.39. The summed E-state index contributed by atoms with van der Waals surface area (Å²) < 4.78 is 25.8. The lowest BCUT2D eigenvalue weighted by molar-refractivity contribution is -0.118. The highest BCUT2D eigenvalue weighted by Crippen LogP contribution is 2.34. The summed E-state index contributed by atoms with van der Waals surface area (Å²) in [5.74, 6) is -0.468. The van der Waals surface area contributed by atoms with Crippen LogP contribution in [-0.4, -0.2) is 48.0 Å². The number of carbonyl (C=O) groups excluding carboxylic acids is 2. The number of aromatic nitrogens is 1. The van der Waals surface area contributed by atoms with Crippen molar-refractivity contribution in [2.75, 3.05) is 31.6 Å². The van der Waals surface area contributed by atoms with Gasteiger partial charge in [0.05, 0.1) is 17.9 Å². The molecule has 0 unspecified atom stereocenters. The molecular formula is C25H21ClFN3O4. The number of fused-ring (bicyclic) bond motifs is 1. The number of pyridine rings is 1. The SMILES string of the molecule is Cc1cncc(-c2cc(Cl)ccc2OCC2CN(C(=O)c3cc4c(cc3F)OCC(=O)N4)C2)c1. The summed E-state index contributed by atoms with van der Waals surface area (Å²) in [5.41, 5.74) is 2.97. The van der Waals surface area contributed by atoms with Crippen LogP contribution in [0.1, 0.15) is 15.9 Å². The van der Waals surface area contributed by atoms with E-state index in [1.54, 1.807) is 23.4 Å². The van der Waals surface area contributed by atoms with E-state index in [1.165, 1.54) is 6.07 Å². The van der Waals surface area contributed by atoms with Crippen molar-refractivity contribution >= 4 is 29.1 Å². The third kappa shape index (κ3) is 4.41. The van der Waals surface area contributed by atoms with Crippen molar-refractivity contribution in [2.24, 2.45) is 5.92 Å². The maximum Gasteiger partial charge on any atom is 0.262 e. The van der Waals surface area contributed by atoms with E-state index in [4.69, 9.17) is 21.1 Å². The smallest absolute Gasteiger partial charge is 0.262 e. The second-order valence-electron chi connectivity index (χ2n) is 8.44. The number of anilines is 1. The predicted molar refractivity (Wildman–Crippen MR) is 125 cm³/mol. The number of ether oxygens (including phenoxy) is 2. The Morgan fingerprint density at radius 2 is 2.09 bits per heavy atom. The summed E-state index contributed by atoms with van der Waals surface area (Å²) in [6.45, 7) is 3.06. The molecule has 1 saturated heterocycles. The topological polar surface area (TPSA) is 80.8 Å². The molecule has 0 spiro atoms. The Labute approximate surface area is 200 Å². The Hall–Kier alpha value is -3.65. The van der Waals surface area contributed by atoms with Crippen molar-refractivity contribution in [2.45, 2.75) is 6.92 Å². The van der Waals surface area contributed by atoms with Crippen LogP contribution in [0.15, 0.2) is 48.8 Å². The molecule has 3 heterocycles. The molecule has 34 heavy (non-hydrogen) atoms. The fourth-order valence-corrected chi connectivity index (χ4v) is 4.21. The monoisotopic (exact) mass is 481 g/mol. The normalized spacial score (nSPS) is 15.1. The minimum atomic E-state index is -0.683. The lowest BCUT2D eigenvalue weighted by atomic mass is 9.99. The molecule has 7 nitrogen and oxygen atoms in total. The second kappa shape index (κ2) is 8.95. The molecule has 0 atom stereocenters. The summed E-state index contributed by atoms with van der Waals surface area (Å²) in [5, 5.41) is 3.19. The molecule has 5 rings (SSSR count). The van der Waals surface area contributed by atoms with Crippen LogP contribution in [0.4, 0.5) is 10.1 Å². The Kier molecular flexibility index (Phi) is 5.83. The van der Waals surface area contributed by atoms with Crippen molar-refractivity contribution in [1.82, 2.24) is 9.88 Å². The predicted octanol–water partition coefficient (Wildman–Crippen LogP) is 4.33. The number of hydrogen-bond acceptors (Lipinski definition) is 5. The molecule has 1 fully saturated rings. The van der Waals surface area contributed by atoms with Gasteiger partial charge < -0.3 is 19.7 Å². The number of halogens is 2. The Balaban J connectivity index is 1.23. The molecule has 2 aliphatic heterocycles. The number of nitrogens with zero attached hydrogens (tertiary/aromatic N) is 2. The van der Waals surface area contributed by atoms with E-state index in [1.807, 2.05) is 25.1 Å². The third-order valence-corrected chi connectivity index (χ3v) is 6.01.